The number of nitrogens with zero attached hydrogens (tertiary/aromatic N) is 4. The highest BCUT2D eigenvalue weighted by atomic mass is 35.5. The number of rotatable bonds is 3. The van der Waals surface area contributed by atoms with E-state index < -0.39 is 0 Å². The zero-order chi connectivity index (χ0) is 18.1. The molecule has 0 amide bonds. The molecule has 3 aromatic rings. The fraction of sp³-hybridized carbons (Fsp3) is 0.333. The molecule has 1 saturated heterocycles. The van der Waals surface area contributed by atoms with Gasteiger partial charge in [0.25, 0.3) is 5.56 Å². The Morgan fingerprint density at radius 1 is 1.15 bits per heavy atom. The maximum atomic E-state index is 11.4. The van der Waals surface area contributed by atoms with Gasteiger partial charge in [0, 0.05) is 24.2 Å². The molecule has 134 valence electrons. The molecule has 1 unspecified atom stereocenters. The van der Waals surface area contributed by atoms with Gasteiger partial charge in [-0.1, -0.05) is 23.7 Å². The maximum Gasteiger partial charge on any atom is 0.268 e. The Balaban J connectivity index is 1.50. The predicted octanol–water partition coefficient (Wildman–Crippen LogP) is 2.28. The Hall–Kier alpha value is -2.51. The van der Waals surface area contributed by atoms with Gasteiger partial charge in [-0.25, -0.2) is 15.0 Å². The van der Waals surface area contributed by atoms with Crippen LogP contribution in [0.5, 0.6) is 0 Å². The molecular formula is C18H19ClN6O. The van der Waals surface area contributed by atoms with E-state index in [9.17, 15) is 4.79 Å². The lowest BCUT2D eigenvalue weighted by Gasteiger charge is -2.35. The number of aromatic amines is 1. The summed E-state index contributed by atoms with van der Waals surface area (Å²) in [5.74, 6) is 1.15. The van der Waals surface area contributed by atoms with Crippen molar-refractivity contribution in [3.8, 4) is 0 Å². The molecule has 26 heavy (non-hydrogen) atoms. The number of aromatic nitrogens is 4. The van der Waals surface area contributed by atoms with E-state index in [4.69, 9.17) is 17.3 Å². The Morgan fingerprint density at radius 2 is 1.88 bits per heavy atom. The zero-order valence-corrected chi connectivity index (χ0v) is 14.9. The van der Waals surface area contributed by atoms with E-state index in [2.05, 4.69) is 24.8 Å². The zero-order valence-electron chi connectivity index (χ0n) is 14.1. The van der Waals surface area contributed by atoms with Crippen LogP contribution in [0.25, 0.3) is 11.2 Å². The third-order valence-electron chi connectivity index (χ3n) is 4.96. The van der Waals surface area contributed by atoms with E-state index in [1.165, 1.54) is 12.5 Å². The van der Waals surface area contributed by atoms with Crippen LogP contribution < -0.4 is 16.2 Å². The minimum Gasteiger partial charge on any atom is -0.355 e. The standard InChI is InChI=1S/C18H19ClN6O/c19-13-3-1-11(2-4-13)15(20)12-5-7-25(8-6-12)18-16-17(22-10-23-18)24-14(26)9-21-16/h1-4,9-10,12,15H,5-8,20H2,(H,22,23,24,26). The second kappa shape index (κ2) is 7.01. The van der Waals surface area contributed by atoms with E-state index in [0.717, 1.165) is 42.3 Å². The smallest absolute Gasteiger partial charge is 0.268 e. The molecule has 4 rings (SSSR count). The van der Waals surface area contributed by atoms with Crippen LogP contribution in [0.1, 0.15) is 24.4 Å². The van der Waals surface area contributed by atoms with Crippen LogP contribution >= 0.6 is 11.6 Å². The van der Waals surface area contributed by atoms with E-state index in [1.807, 2.05) is 24.3 Å². The third-order valence-corrected chi connectivity index (χ3v) is 5.21. The van der Waals surface area contributed by atoms with Gasteiger partial charge in [-0.05, 0) is 36.5 Å². The van der Waals surface area contributed by atoms with Gasteiger partial charge >= 0.3 is 0 Å². The molecule has 1 atom stereocenters. The topological polar surface area (TPSA) is 101 Å². The lowest BCUT2D eigenvalue weighted by Crippen LogP contribution is -2.38. The van der Waals surface area contributed by atoms with Crippen molar-refractivity contribution in [2.24, 2.45) is 11.7 Å². The first-order valence-electron chi connectivity index (χ1n) is 8.58. The van der Waals surface area contributed by atoms with Gasteiger partial charge in [0.1, 0.15) is 11.8 Å². The van der Waals surface area contributed by atoms with E-state index in [-0.39, 0.29) is 11.6 Å². The summed E-state index contributed by atoms with van der Waals surface area (Å²) in [5, 5.41) is 0.719. The number of H-pyrrole nitrogens is 1. The summed E-state index contributed by atoms with van der Waals surface area (Å²) in [6, 6.07) is 7.75. The molecule has 0 bridgehead atoms. The largest absolute Gasteiger partial charge is 0.355 e. The summed E-state index contributed by atoms with van der Waals surface area (Å²) >= 11 is 5.96. The van der Waals surface area contributed by atoms with Gasteiger partial charge in [-0.15, -0.1) is 0 Å². The van der Waals surface area contributed by atoms with Gasteiger partial charge in [0.2, 0.25) is 0 Å². The van der Waals surface area contributed by atoms with Gasteiger partial charge in [-0.2, -0.15) is 0 Å². The number of benzene rings is 1. The number of halogens is 1. The van der Waals surface area contributed by atoms with E-state index in [0.29, 0.717) is 17.1 Å². The third kappa shape index (κ3) is 3.27. The van der Waals surface area contributed by atoms with Crippen molar-refractivity contribution in [1.29, 1.82) is 0 Å². The van der Waals surface area contributed by atoms with Crippen molar-refractivity contribution < 1.29 is 0 Å². The van der Waals surface area contributed by atoms with Gasteiger partial charge < -0.3 is 15.6 Å². The molecule has 0 spiro atoms. The first-order valence-corrected chi connectivity index (χ1v) is 8.95. The number of anilines is 1. The van der Waals surface area contributed by atoms with Crippen molar-refractivity contribution >= 4 is 28.6 Å². The number of hydrogen-bond acceptors (Lipinski definition) is 6. The van der Waals surface area contributed by atoms with E-state index in [1.54, 1.807) is 0 Å². The molecule has 8 heteroatoms. The minimum atomic E-state index is -0.269. The Labute approximate surface area is 155 Å². The summed E-state index contributed by atoms with van der Waals surface area (Å²) in [7, 11) is 0. The minimum absolute atomic E-state index is 0.00830. The normalized spacial score (nSPS) is 16.8. The number of nitrogens with two attached hydrogens (primary N) is 1. The molecule has 7 nitrogen and oxygen atoms in total. The Morgan fingerprint density at radius 3 is 2.62 bits per heavy atom. The lowest BCUT2D eigenvalue weighted by molar-refractivity contribution is 0.344. The van der Waals surface area contributed by atoms with Crippen molar-refractivity contribution in [1.82, 2.24) is 19.9 Å². The number of nitrogens with one attached hydrogen (secondary N) is 1. The highest BCUT2D eigenvalue weighted by molar-refractivity contribution is 6.30. The van der Waals surface area contributed by atoms with Crippen LogP contribution in [0.4, 0.5) is 5.82 Å². The van der Waals surface area contributed by atoms with Crippen LogP contribution in [0, 0.1) is 5.92 Å². The highest BCUT2D eigenvalue weighted by Gasteiger charge is 2.27. The van der Waals surface area contributed by atoms with Gasteiger partial charge in [0.15, 0.2) is 11.5 Å². The molecule has 2 aromatic heterocycles. The molecule has 3 heterocycles. The van der Waals surface area contributed by atoms with Crippen molar-refractivity contribution in [2.45, 2.75) is 18.9 Å². The SMILES string of the molecule is NC(c1ccc(Cl)cc1)C1CCN(c2ncnc3[nH]c(=O)cnc23)CC1. The first kappa shape index (κ1) is 16.9. The number of fused-ring (bicyclic) bond motifs is 1. The second-order valence-electron chi connectivity index (χ2n) is 6.54. The van der Waals surface area contributed by atoms with E-state index >= 15 is 0 Å². The summed E-state index contributed by atoms with van der Waals surface area (Å²) in [6.45, 7) is 1.66. The van der Waals surface area contributed by atoms with Crippen LogP contribution in [0.2, 0.25) is 5.02 Å². The number of hydrogen-bond donors (Lipinski definition) is 2. The summed E-state index contributed by atoms with van der Waals surface area (Å²) in [4.78, 5) is 29.0. The molecule has 1 aliphatic rings. The lowest BCUT2D eigenvalue weighted by atomic mass is 9.86. The fourth-order valence-electron chi connectivity index (χ4n) is 3.51. The Kier molecular flexibility index (Phi) is 4.57. The monoisotopic (exact) mass is 370 g/mol. The maximum absolute atomic E-state index is 11.4. The number of piperidine rings is 1. The first-order chi connectivity index (χ1) is 12.6. The van der Waals surface area contributed by atoms with Crippen LogP contribution in [-0.4, -0.2) is 33.0 Å². The van der Waals surface area contributed by atoms with Crippen LogP contribution in [-0.2, 0) is 0 Å². The van der Waals surface area contributed by atoms with Gasteiger partial charge in [-0.3, -0.25) is 4.79 Å². The molecular weight excluding hydrogens is 352 g/mol. The molecule has 1 aliphatic heterocycles. The summed E-state index contributed by atoms with van der Waals surface area (Å²) < 4.78 is 0. The average Bonchev–Trinajstić information content (AvgIpc) is 2.67. The fourth-order valence-corrected chi connectivity index (χ4v) is 3.64. The Bertz CT molecular complexity index is 965. The van der Waals surface area contributed by atoms with Crippen LogP contribution in [0.3, 0.4) is 0 Å². The average molecular weight is 371 g/mol. The van der Waals surface area contributed by atoms with Crippen molar-refractivity contribution in [3.63, 3.8) is 0 Å². The molecule has 1 fully saturated rings. The molecule has 0 aliphatic carbocycles. The van der Waals surface area contributed by atoms with Gasteiger partial charge in [0.05, 0.1) is 6.20 Å². The van der Waals surface area contributed by atoms with Crippen molar-refractivity contribution in [3.05, 3.63) is 57.7 Å². The van der Waals surface area contributed by atoms with Crippen LogP contribution in [0.15, 0.2) is 41.6 Å². The second-order valence-corrected chi connectivity index (χ2v) is 6.98. The predicted molar refractivity (Wildman–Crippen MR) is 101 cm³/mol. The highest BCUT2D eigenvalue weighted by Crippen LogP contribution is 2.32. The molecule has 3 N–H and O–H groups in total. The summed E-state index contributed by atoms with van der Waals surface area (Å²) in [6.07, 6.45) is 4.64. The van der Waals surface area contributed by atoms with Crippen molar-refractivity contribution in [2.75, 3.05) is 18.0 Å². The molecule has 0 saturated carbocycles. The molecule has 1 aromatic carbocycles. The molecule has 0 radical (unpaired) electrons. The summed E-state index contributed by atoms with van der Waals surface area (Å²) in [5.41, 5.74) is 8.39. The quantitative estimate of drug-likeness (QED) is 0.733.